The van der Waals surface area contributed by atoms with Crippen molar-refractivity contribution in [3.8, 4) is 0 Å². The smallest absolute Gasteiger partial charge is 0.255 e. The van der Waals surface area contributed by atoms with Crippen molar-refractivity contribution in [2.24, 2.45) is 0 Å². The van der Waals surface area contributed by atoms with E-state index in [0.717, 1.165) is 11.1 Å². The van der Waals surface area contributed by atoms with Crippen LogP contribution in [0.5, 0.6) is 0 Å². The third kappa shape index (κ3) is 3.25. The van der Waals surface area contributed by atoms with Crippen molar-refractivity contribution in [2.45, 2.75) is 12.8 Å². The first-order valence-electron chi connectivity index (χ1n) is 5.69. The van der Waals surface area contributed by atoms with E-state index in [1.807, 2.05) is 13.0 Å². The Bertz CT molecular complexity index is 594. The number of anilines is 1. The van der Waals surface area contributed by atoms with Crippen molar-refractivity contribution in [3.05, 3.63) is 58.4 Å². The topological polar surface area (TPSA) is 42.0 Å². The second-order valence-electron chi connectivity index (χ2n) is 4.08. The number of carbonyl (C=O) groups is 1. The maximum Gasteiger partial charge on any atom is 0.255 e. The lowest BCUT2D eigenvalue weighted by atomic mass is 10.1. The summed E-state index contributed by atoms with van der Waals surface area (Å²) in [4.78, 5) is 16.1. The molecular weight excluding hydrogens is 283 g/mol. The zero-order chi connectivity index (χ0) is 13.8. The van der Waals surface area contributed by atoms with Crippen LogP contribution >= 0.6 is 23.2 Å². The lowest BCUT2D eigenvalue weighted by molar-refractivity contribution is 0.102. The fourth-order valence-electron chi connectivity index (χ4n) is 1.66. The molecule has 0 atom stereocenters. The van der Waals surface area contributed by atoms with E-state index in [0.29, 0.717) is 17.1 Å². The zero-order valence-electron chi connectivity index (χ0n) is 10.3. The molecule has 19 heavy (non-hydrogen) atoms. The van der Waals surface area contributed by atoms with Crippen molar-refractivity contribution >= 4 is 34.8 Å². The van der Waals surface area contributed by atoms with Gasteiger partial charge in [0.25, 0.3) is 5.91 Å². The number of nitrogens with zero attached hydrogens (tertiary/aromatic N) is 1. The highest BCUT2D eigenvalue weighted by atomic mass is 35.5. The average Bonchev–Trinajstić information content (AvgIpc) is 2.43. The number of aromatic nitrogens is 1. The normalized spacial score (nSPS) is 10.3. The zero-order valence-corrected chi connectivity index (χ0v) is 11.8. The minimum Gasteiger partial charge on any atom is -0.319 e. The lowest BCUT2D eigenvalue weighted by Crippen LogP contribution is -2.13. The SMILES string of the molecule is Cc1ccnc(Cl)c1NC(=O)c1cccc(CCl)c1. The Kier molecular flexibility index (Phi) is 4.40. The number of rotatable bonds is 3. The summed E-state index contributed by atoms with van der Waals surface area (Å²) in [7, 11) is 0. The van der Waals surface area contributed by atoms with Gasteiger partial charge in [-0.25, -0.2) is 4.98 Å². The summed E-state index contributed by atoms with van der Waals surface area (Å²) in [5, 5.41) is 3.05. The summed E-state index contributed by atoms with van der Waals surface area (Å²) >= 11 is 11.7. The molecule has 2 aromatic rings. The Morgan fingerprint density at radius 3 is 2.84 bits per heavy atom. The van der Waals surface area contributed by atoms with Gasteiger partial charge in [-0.15, -0.1) is 11.6 Å². The monoisotopic (exact) mass is 294 g/mol. The van der Waals surface area contributed by atoms with Gasteiger partial charge in [-0.1, -0.05) is 23.7 Å². The van der Waals surface area contributed by atoms with Gasteiger partial charge in [-0.3, -0.25) is 4.79 Å². The predicted molar refractivity (Wildman–Crippen MR) is 77.9 cm³/mol. The summed E-state index contributed by atoms with van der Waals surface area (Å²) < 4.78 is 0. The Labute approximate surface area is 121 Å². The minimum absolute atomic E-state index is 0.232. The number of hydrogen-bond acceptors (Lipinski definition) is 2. The maximum atomic E-state index is 12.1. The number of halogens is 2. The molecule has 98 valence electrons. The molecule has 1 amide bonds. The quantitative estimate of drug-likeness (QED) is 0.686. The first-order chi connectivity index (χ1) is 9.11. The van der Waals surface area contributed by atoms with Crippen LogP contribution in [0.4, 0.5) is 5.69 Å². The van der Waals surface area contributed by atoms with Crippen molar-refractivity contribution < 1.29 is 4.79 Å². The van der Waals surface area contributed by atoms with Crippen LogP contribution in [-0.2, 0) is 5.88 Å². The van der Waals surface area contributed by atoms with Crippen molar-refractivity contribution in [1.29, 1.82) is 0 Å². The fraction of sp³-hybridized carbons (Fsp3) is 0.143. The van der Waals surface area contributed by atoms with Gasteiger partial charge in [-0.05, 0) is 36.2 Å². The number of aryl methyl sites for hydroxylation is 1. The van der Waals surface area contributed by atoms with Gasteiger partial charge in [0.15, 0.2) is 5.15 Å². The number of nitrogens with one attached hydrogen (secondary N) is 1. The molecule has 1 heterocycles. The molecule has 0 radical (unpaired) electrons. The van der Waals surface area contributed by atoms with E-state index >= 15 is 0 Å². The van der Waals surface area contributed by atoms with E-state index in [2.05, 4.69) is 10.3 Å². The van der Waals surface area contributed by atoms with Gasteiger partial charge < -0.3 is 5.32 Å². The molecule has 0 spiro atoms. The molecule has 1 aromatic heterocycles. The van der Waals surface area contributed by atoms with Crippen LogP contribution in [0, 0.1) is 6.92 Å². The van der Waals surface area contributed by atoms with E-state index in [1.54, 1.807) is 30.5 Å². The Morgan fingerprint density at radius 1 is 1.37 bits per heavy atom. The van der Waals surface area contributed by atoms with Gasteiger partial charge in [0.1, 0.15) is 0 Å². The highest BCUT2D eigenvalue weighted by molar-refractivity contribution is 6.32. The summed E-state index contributed by atoms with van der Waals surface area (Å²) in [5.74, 6) is 0.137. The molecule has 0 saturated carbocycles. The number of alkyl halides is 1. The van der Waals surface area contributed by atoms with Gasteiger partial charge >= 0.3 is 0 Å². The molecule has 0 aliphatic heterocycles. The number of pyridine rings is 1. The second-order valence-corrected chi connectivity index (χ2v) is 4.71. The Morgan fingerprint density at radius 2 is 2.16 bits per heavy atom. The van der Waals surface area contributed by atoms with Crippen LogP contribution in [0.25, 0.3) is 0 Å². The van der Waals surface area contributed by atoms with Crippen LogP contribution < -0.4 is 5.32 Å². The number of hydrogen-bond donors (Lipinski definition) is 1. The summed E-state index contributed by atoms with van der Waals surface area (Å²) in [6.07, 6.45) is 1.60. The van der Waals surface area contributed by atoms with E-state index in [4.69, 9.17) is 23.2 Å². The third-order valence-electron chi connectivity index (χ3n) is 2.70. The van der Waals surface area contributed by atoms with Gasteiger partial charge in [0.05, 0.1) is 5.69 Å². The molecule has 3 nitrogen and oxygen atoms in total. The van der Waals surface area contributed by atoms with Gasteiger partial charge in [0.2, 0.25) is 0 Å². The van der Waals surface area contributed by atoms with E-state index in [9.17, 15) is 4.79 Å². The Hall–Kier alpha value is -1.58. The summed E-state index contributed by atoms with van der Waals surface area (Å²) in [6, 6.07) is 8.93. The first-order valence-corrected chi connectivity index (χ1v) is 6.60. The molecular formula is C14H12Cl2N2O. The van der Waals surface area contributed by atoms with Gasteiger partial charge in [-0.2, -0.15) is 0 Å². The molecule has 0 unspecified atom stereocenters. The fourth-order valence-corrected chi connectivity index (χ4v) is 2.08. The molecule has 0 fully saturated rings. The predicted octanol–water partition coefficient (Wildman–Crippen LogP) is 4.03. The molecule has 0 aliphatic carbocycles. The van der Waals surface area contributed by atoms with Crippen LogP contribution in [0.1, 0.15) is 21.5 Å². The highest BCUT2D eigenvalue weighted by Crippen LogP contribution is 2.23. The van der Waals surface area contributed by atoms with Crippen molar-refractivity contribution in [1.82, 2.24) is 4.98 Å². The van der Waals surface area contributed by atoms with E-state index in [1.165, 1.54) is 0 Å². The largest absolute Gasteiger partial charge is 0.319 e. The summed E-state index contributed by atoms with van der Waals surface area (Å²) in [5.41, 5.74) is 2.83. The molecule has 1 aromatic carbocycles. The van der Waals surface area contributed by atoms with Crippen LogP contribution in [-0.4, -0.2) is 10.9 Å². The third-order valence-corrected chi connectivity index (χ3v) is 3.29. The lowest BCUT2D eigenvalue weighted by Gasteiger charge is -2.09. The molecule has 1 N–H and O–H groups in total. The highest BCUT2D eigenvalue weighted by Gasteiger charge is 2.11. The van der Waals surface area contributed by atoms with Crippen LogP contribution in [0.15, 0.2) is 36.5 Å². The van der Waals surface area contributed by atoms with Crippen LogP contribution in [0.2, 0.25) is 5.15 Å². The van der Waals surface area contributed by atoms with Crippen molar-refractivity contribution in [2.75, 3.05) is 5.32 Å². The number of carbonyl (C=O) groups excluding carboxylic acids is 1. The maximum absolute atomic E-state index is 12.1. The number of amides is 1. The summed E-state index contributed by atoms with van der Waals surface area (Å²) in [6.45, 7) is 1.86. The molecule has 2 rings (SSSR count). The Balaban J connectivity index is 2.25. The average molecular weight is 295 g/mol. The standard InChI is InChI=1S/C14H12Cl2N2O/c1-9-5-6-17-13(16)12(9)18-14(19)11-4-2-3-10(7-11)8-15/h2-7H,8H2,1H3,(H,18,19). The van der Waals surface area contributed by atoms with Gasteiger partial charge in [0, 0.05) is 17.6 Å². The van der Waals surface area contributed by atoms with E-state index < -0.39 is 0 Å². The molecule has 5 heteroatoms. The van der Waals surface area contributed by atoms with Crippen LogP contribution in [0.3, 0.4) is 0 Å². The molecule has 0 saturated heterocycles. The van der Waals surface area contributed by atoms with E-state index in [-0.39, 0.29) is 11.1 Å². The minimum atomic E-state index is -0.232. The molecule has 0 aliphatic rings. The molecule has 0 bridgehead atoms. The number of benzene rings is 1. The van der Waals surface area contributed by atoms with Crippen molar-refractivity contribution in [3.63, 3.8) is 0 Å². The second kappa shape index (κ2) is 6.04. The first kappa shape index (κ1) is 13.8.